The molecule has 0 atom stereocenters. The Balaban J connectivity index is 3.99. The first-order valence-corrected chi connectivity index (χ1v) is 7.85. The van der Waals surface area contributed by atoms with Crippen LogP contribution in [0.4, 0.5) is 0 Å². The largest absolute Gasteiger partial charge is 0.393 e. The Bertz CT molecular complexity index is 302. The van der Waals surface area contributed by atoms with Crippen LogP contribution in [0.5, 0.6) is 0 Å². The van der Waals surface area contributed by atoms with Crippen molar-refractivity contribution in [2.45, 2.75) is 26.7 Å². The monoisotopic (exact) mass is 266 g/mol. The first kappa shape index (κ1) is 15.8. The van der Waals surface area contributed by atoms with Gasteiger partial charge in [-0.05, 0) is 13.0 Å². The first-order valence-electron chi connectivity index (χ1n) is 5.62. The van der Waals surface area contributed by atoms with Crippen LogP contribution in [0.25, 0.3) is 0 Å². The zero-order valence-electron chi connectivity index (χ0n) is 10.1. The lowest BCUT2D eigenvalue weighted by atomic mass is 10.4. The Hall–Kier alpha value is -0.200. The molecular formula is C10H22N2O2S2. The van der Waals surface area contributed by atoms with Gasteiger partial charge in [-0.15, -0.1) is 0 Å². The highest BCUT2D eigenvalue weighted by molar-refractivity contribution is 7.91. The van der Waals surface area contributed by atoms with Crippen LogP contribution < -0.4 is 5.73 Å². The molecule has 0 radical (unpaired) electrons. The van der Waals surface area contributed by atoms with Gasteiger partial charge in [0.1, 0.15) is 0 Å². The van der Waals surface area contributed by atoms with Crippen molar-refractivity contribution in [2.75, 3.05) is 31.1 Å². The average Bonchev–Trinajstić information content (AvgIpc) is 2.17. The smallest absolute Gasteiger partial charge is 0.151 e. The third-order valence-electron chi connectivity index (χ3n) is 2.36. The normalized spacial score (nSPS) is 11.9. The van der Waals surface area contributed by atoms with E-state index in [-0.39, 0.29) is 11.5 Å². The van der Waals surface area contributed by atoms with Crippen LogP contribution in [-0.2, 0) is 9.84 Å². The Morgan fingerprint density at radius 3 is 2.31 bits per heavy atom. The van der Waals surface area contributed by atoms with Crippen molar-refractivity contribution in [3.05, 3.63) is 0 Å². The minimum absolute atomic E-state index is 0.228. The summed E-state index contributed by atoms with van der Waals surface area (Å²) in [7, 11) is -2.88. The zero-order chi connectivity index (χ0) is 12.6. The molecule has 0 bridgehead atoms. The van der Waals surface area contributed by atoms with Gasteiger partial charge in [0.15, 0.2) is 9.84 Å². The van der Waals surface area contributed by atoms with Crippen molar-refractivity contribution in [3.8, 4) is 0 Å². The van der Waals surface area contributed by atoms with Gasteiger partial charge in [0, 0.05) is 25.3 Å². The van der Waals surface area contributed by atoms with Crippen LogP contribution in [0.2, 0.25) is 0 Å². The van der Waals surface area contributed by atoms with Crippen LogP contribution >= 0.6 is 12.2 Å². The summed E-state index contributed by atoms with van der Waals surface area (Å²) >= 11 is 4.79. The van der Waals surface area contributed by atoms with Gasteiger partial charge in [-0.25, -0.2) is 8.42 Å². The molecule has 0 aromatic carbocycles. The molecule has 0 rings (SSSR count). The molecule has 0 aromatic heterocycles. The molecule has 0 aromatic rings. The van der Waals surface area contributed by atoms with Crippen molar-refractivity contribution < 1.29 is 8.42 Å². The van der Waals surface area contributed by atoms with Gasteiger partial charge < -0.3 is 10.6 Å². The number of rotatable bonds is 9. The molecule has 16 heavy (non-hydrogen) atoms. The second kappa shape index (κ2) is 7.97. The summed E-state index contributed by atoms with van der Waals surface area (Å²) in [4.78, 5) is 2.54. The van der Waals surface area contributed by atoms with Gasteiger partial charge in [-0.2, -0.15) is 0 Å². The van der Waals surface area contributed by atoms with Gasteiger partial charge in [-0.1, -0.05) is 26.1 Å². The minimum atomic E-state index is -2.88. The van der Waals surface area contributed by atoms with Gasteiger partial charge in [0.25, 0.3) is 0 Å². The molecule has 0 spiro atoms. The Kier molecular flexibility index (Phi) is 7.87. The lowest BCUT2D eigenvalue weighted by Gasteiger charge is -2.19. The topological polar surface area (TPSA) is 63.4 Å². The number of nitrogens with zero attached hydrogens (tertiary/aromatic N) is 1. The maximum absolute atomic E-state index is 11.5. The van der Waals surface area contributed by atoms with E-state index in [4.69, 9.17) is 18.0 Å². The van der Waals surface area contributed by atoms with Crippen molar-refractivity contribution >= 4 is 27.0 Å². The molecule has 96 valence electrons. The van der Waals surface area contributed by atoms with E-state index < -0.39 is 9.84 Å². The molecule has 0 fully saturated rings. The molecule has 0 saturated carbocycles. The quantitative estimate of drug-likeness (QED) is 0.626. The van der Waals surface area contributed by atoms with Crippen molar-refractivity contribution in [1.82, 2.24) is 4.90 Å². The first-order chi connectivity index (χ1) is 7.41. The number of nitrogens with two attached hydrogens (primary N) is 1. The number of hydrogen-bond acceptors (Lipinski definition) is 4. The molecule has 0 unspecified atom stereocenters. The second-order valence-corrected chi connectivity index (χ2v) is 6.63. The molecule has 0 heterocycles. The molecule has 0 aliphatic heterocycles. The molecule has 0 amide bonds. The second-order valence-electron chi connectivity index (χ2n) is 3.80. The Morgan fingerprint density at radius 1 is 1.25 bits per heavy atom. The highest BCUT2D eigenvalue weighted by atomic mass is 32.2. The highest BCUT2D eigenvalue weighted by Crippen LogP contribution is 1.98. The summed E-state index contributed by atoms with van der Waals surface area (Å²) in [5.41, 5.74) is 5.41. The minimum Gasteiger partial charge on any atom is -0.393 e. The van der Waals surface area contributed by atoms with Crippen LogP contribution in [0.3, 0.4) is 0 Å². The van der Waals surface area contributed by atoms with Crippen molar-refractivity contribution in [3.63, 3.8) is 0 Å². The summed E-state index contributed by atoms with van der Waals surface area (Å²) in [5, 5.41) is 0. The Morgan fingerprint density at radius 2 is 1.88 bits per heavy atom. The highest BCUT2D eigenvalue weighted by Gasteiger charge is 2.11. The van der Waals surface area contributed by atoms with E-state index in [1.165, 1.54) is 0 Å². The molecule has 0 aliphatic carbocycles. The lowest BCUT2D eigenvalue weighted by Crippen LogP contribution is -2.32. The van der Waals surface area contributed by atoms with E-state index in [1.807, 2.05) is 13.8 Å². The van der Waals surface area contributed by atoms with Gasteiger partial charge in [-0.3, -0.25) is 0 Å². The van der Waals surface area contributed by atoms with E-state index >= 15 is 0 Å². The van der Waals surface area contributed by atoms with Crippen LogP contribution in [0.15, 0.2) is 0 Å². The number of sulfone groups is 1. The average molecular weight is 266 g/mol. The molecule has 0 saturated heterocycles. The maximum atomic E-state index is 11.5. The summed E-state index contributed by atoms with van der Waals surface area (Å²) in [6.45, 7) is 6.02. The van der Waals surface area contributed by atoms with E-state index in [1.54, 1.807) is 0 Å². The third-order valence-corrected chi connectivity index (χ3v) is 4.39. The van der Waals surface area contributed by atoms with Crippen LogP contribution in [-0.4, -0.2) is 49.4 Å². The lowest BCUT2D eigenvalue weighted by molar-refractivity contribution is 0.314. The Labute approximate surface area is 104 Å². The predicted molar refractivity (Wildman–Crippen MR) is 72.5 cm³/mol. The standard InChI is InChI=1S/C10H22N2O2S2/c1-3-8-16(13,14)9-7-12(4-2)6-5-10(11)15/h3-9H2,1-2H3,(H2,11,15). The maximum Gasteiger partial charge on any atom is 0.151 e. The summed E-state index contributed by atoms with van der Waals surface area (Å²) in [6, 6.07) is 0. The summed E-state index contributed by atoms with van der Waals surface area (Å²) < 4.78 is 23.0. The van der Waals surface area contributed by atoms with Crippen LogP contribution in [0, 0.1) is 0 Å². The van der Waals surface area contributed by atoms with Crippen molar-refractivity contribution in [2.24, 2.45) is 5.73 Å². The number of hydrogen-bond donors (Lipinski definition) is 1. The molecule has 0 aliphatic rings. The van der Waals surface area contributed by atoms with E-state index in [9.17, 15) is 8.42 Å². The predicted octanol–water partition coefficient (Wildman–Crippen LogP) is 0.809. The fourth-order valence-corrected chi connectivity index (χ4v) is 2.83. The SMILES string of the molecule is CCCS(=O)(=O)CCN(CC)CCC(N)=S. The molecular weight excluding hydrogens is 244 g/mol. The van der Waals surface area contributed by atoms with E-state index in [0.717, 1.165) is 13.1 Å². The molecule has 4 nitrogen and oxygen atoms in total. The summed E-state index contributed by atoms with van der Waals surface area (Å²) in [6.07, 6.45) is 1.33. The van der Waals surface area contributed by atoms with Gasteiger partial charge in [0.2, 0.25) is 0 Å². The van der Waals surface area contributed by atoms with Crippen LogP contribution in [0.1, 0.15) is 26.7 Å². The fraction of sp³-hybridized carbons (Fsp3) is 0.900. The molecule has 2 N–H and O–H groups in total. The molecule has 6 heteroatoms. The summed E-state index contributed by atoms with van der Waals surface area (Å²) in [5.74, 6) is 0.506. The van der Waals surface area contributed by atoms with E-state index in [2.05, 4.69) is 4.90 Å². The fourth-order valence-electron chi connectivity index (χ4n) is 1.38. The zero-order valence-corrected chi connectivity index (χ0v) is 11.7. The van der Waals surface area contributed by atoms with E-state index in [0.29, 0.717) is 24.4 Å². The number of thiocarbonyl (C=S) groups is 1. The van der Waals surface area contributed by atoms with Crippen molar-refractivity contribution in [1.29, 1.82) is 0 Å². The third kappa shape index (κ3) is 8.01. The van der Waals surface area contributed by atoms with Gasteiger partial charge in [0.05, 0.1) is 10.7 Å². The van der Waals surface area contributed by atoms with Gasteiger partial charge >= 0.3 is 0 Å².